The molecule has 0 radical (unpaired) electrons. The average molecular weight is 265 g/mol. The Labute approximate surface area is 119 Å². The van der Waals surface area contributed by atoms with Gasteiger partial charge in [0.2, 0.25) is 0 Å². The van der Waals surface area contributed by atoms with Crippen LogP contribution in [0.4, 0.5) is 0 Å². The van der Waals surface area contributed by atoms with Crippen LogP contribution in [-0.4, -0.2) is 13.0 Å². The fourth-order valence-corrected chi connectivity index (χ4v) is 2.23. The average Bonchev–Trinajstić information content (AvgIpc) is 2.53. The molecule has 0 unspecified atom stereocenters. The number of rotatable bonds is 1. The SMILES string of the molecule is CC.CNC(=O)c1ccc2cc3ccccc3cc2c1. The van der Waals surface area contributed by atoms with Gasteiger partial charge in [0.25, 0.3) is 5.91 Å². The number of amides is 1. The predicted molar refractivity (Wildman–Crippen MR) is 86.2 cm³/mol. The van der Waals surface area contributed by atoms with Crippen LogP contribution in [0, 0.1) is 0 Å². The first-order valence-corrected chi connectivity index (χ1v) is 6.92. The molecule has 3 aromatic rings. The molecule has 20 heavy (non-hydrogen) atoms. The second kappa shape index (κ2) is 6.20. The summed E-state index contributed by atoms with van der Waals surface area (Å²) >= 11 is 0. The maximum atomic E-state index is 11.6. The highest BCUT2D eigenvalue weighted by molar-refractivity contribution is 6.02. The molecule has 2 nitrogen and oxygen atoms in total. The Kier molecular flexibility index (Phi) is 4.36. The van der Waals surface area contributed by atoms with E-state index in [1.807, 2.05) is 44.2 Å². The van der Waals surface area contributed by atoms with Crippen LogP contribution in [0.15, 0.2) is 54.6 Å². The van der Waals surface area contributed by atoms with Gasteiger partial charge in [-0.15, -0.1) is 0 Å². The van der Waals surface area contributed by atoms with Crippen molar-refractivity contribution in [1.82, 2.24) is 5.32 Å². The summed E-state index contributed by atoms with van der Waals surface area (Å²) in [6, 6.07) is 18.3. The van der Waals surface area contributed by atoms with Gasteiger partial charge in [-0.25, -0.2) is 0 Å². The molecule has 3 aromatic carbocycles. The Bertz CT molecular complexity index is 747. The highest BCUT2D eigenvalue weighted by atomic mass is 16.1. The van der Waals surface area contributed by atoms with E-state index in [0.717, 1.165) is 10.8 Å². The van der Waals surface area contributed by atoms with Gasteiger partial charge >= 0.3 is 0 Å². The number of nitrogens with one attached hydrogen (secondary N) is 1. The summed E-state index contributed by atoms with van der Waals surface area (Å²) in [5.41, 5.74) is 0.695. The quantitative estimate of drug-likeness (QED) is 0.650. The van der Waals surface area contributed by atoms with Gasteiger partial charge in [0.15, 0.2) is 0 Å². The van der Waals surface area contributed by atoms with Crippen molar-refractivity contribution in [2.45, 2.75) is 13.8 Å². The summed E-state index contributed by atoms with van der Waals surface area (Å²) in [5.74, 6) is -0.0509. The molecule has 0 aliphatic rings. The van der Waals surface area contributed by atoms with Crippen molar-refractivity contribution in [3.8, 4) is 0 Å². The first-order valence-electron chi connectivity index (χ1n) is 6.92. The van der Waals surface area contributed by atoms with E-state index >= 15 is 0 Å². The van der Waals surface area contributed by atoms with Crippen molar-refractivity contribution in [1.29, 1.82) is 0 Å². The minimum absolute atomic E-state index is 0.0509. The summed E-state index contributed by atoms with van der Waals surface area (Å²) in [6.45, 7) is 4.00. The number of fused-ring (bicyclic) bond motifs is 2. The molecule has 1 N–H and O–H groups in total. The molecular formula is C18H19NO. The topological polar surface area (TPSA) is 29.1 Å². The Morgan fingerprint density at radius 2 is 1.35 bits per heavy atom. The number of hydrogen-bond donors (Lipinski definition) is 1. The molecule has 2 heteroatoms. The fourth-order valence-electron chi connectivity index (χ4n) is 2.23. The van der Waals surface area contributed by atoms with Gasteiger partial charge in [0.1, 0.15) is 0 Å². The first-order chi connectivity index (χ1) is 9.78. The summed E-state index contributed by atoms with van der Waals surface area (Å²) in [5, 5.41) is 7.30. The molecule has 0 spiro atoms. The molecular weight excluding hydrogens is 246 g/mol. The molecule has 0 saturated heterocycles. The van der Waals surface area contributed by atoms with Gasteiger partial charge in [-0.05, 0) is 45.8 Å². The van der Waals surface area contributed by atoms with Crippen LogP contribution >= 0.6 is 0 Å². The summed E-state index contributed by atoms with van der Waals surface area (Å²) in [4.78, 5) is 11.6. The lowest BCUT2D eigenvalue weighted by atomic mass is 10.0. The van der Waals surface area contributed by atoms with Gasteiger partial charge in [0.05, 0.1) is 0 Å². The van der Waals surface area contributed by atoms with Crippen molar-refractivity contribution in [3.63, 3.8) is 0 Å². The van der Waals surface area contributed by atoms with Crippen LogP contribution in [0.3, 0.4) is 0 Å². The molecule has 0 bridgehead atoms. The standard InChI is InChI=1S/C16H13NO.C2H6/c1-17-16(18)14-7-6-13-8-11-4-2-3-5-12(11)9-15(13)10-14;1-2/h2-10H,1H3,(H,17,18);1-2H3. The number of carbonyl (C=O) groups excluding carboxylic acids is 1. The molecule has 102 valence electrons. The Balaban J connectivity index is 0.000000704. The first kappa shape index (κ1) is 14.1. The monoisotopic (exact) mass is 265 g/mol. The van der Waals surface area contributed by atoms with E-state index < -0.39 is 0 Å². The lowest BCUT2D eigenvalue weighted by molar-refractivity contribution is 0.0963. The molecule has 0 fully saturated rings. The van der Waals surface area contributed by atoms with Gasteiger partial charge in [0, 0.05) is 12.6 Å². The van der Waals surface area contributed by atoms with Crippen molar-refractivity contribution in [3.05, 3.63) is 60.2 Å². The van der Waals surface area contributed by atoms with Gasteiger partial charge < -0.3 is 5.32 Å². The van der Waals surface area contributed by atoms with Crippen molar-refractivity contribution >= 4 is 27.5 Å². The van der Waals surface area contributed by atoms with Gasteiger partial charge in [-0.2, -0.15) is 0 Å². The largest absolute Gasteiger partial charge is 0.355 e. The second-order valence-electron chi connectivity index (χ2n) is 4.34. The molecule has 0 heterocycles. The molecule has 3 rings (SSSR count). The van der Waals surface area contributed by atoms with E-state index in [4.69, 9.17) is 0 Å². The van der Waals surface area contributed by atoms with E-state index in [0.29, 0.717) is 5.56 Å². The van der Waals surface area contributed by atoms with Crippen molar-refractivity contribution < 1.29 is 4.79 Å². The van der Waals surface area contributed by atoms with Gasteiger partial charge in [-0.1, -0.05) is 44.2 Å². The number of hydrogen-bond acceptors (Lipinski definition) is 1. The predicted octanol–water partition coefficient (Wildman–Crippen LogP) is 4.38. The Hall–Kier alpha value is -2.35. The third-order valence-corrected chi connectivity index (χ3v) is 3.19. The van der Waals surface area contributed by atoms with E-state index in [-0.39, 0.29) is 5.91 Å². The van der Waals surface area contributed by atoms with E-state index in [2.05, 4.69) is 29.6 Å². The van der Waals surface area contributed by atoms with Crippen LogP contribution in [0.1, 0.15) is 24.2 Å². The Morgan fingerprint density at radius 1 is 0.800 bits per heavy atom. The molecule has 0 saturated carbocycles. The highest BCUT2D eigenvalue weighted by Gasteiger charge is 2.04. The summed E-state index contributed by atoms with van der Waals surface area (Å²) < 4.78 is 0. The van der Waals surface area contributed by atoms with Crippen LogP contribution in [0.25, 0.3) is 21.5 Å². The molecule has 0 aliphatic heterocycles. The van der Waals surface area contributed by atoms with E-state index in [1.54, 1.807) is 7.05 Å². The number of carbonyl (C=O) groups is 1. The van der Waals surface area contributed by atoms with Crippen LogP contribution in [0.5, 0.6) is 0 Å². The third kappa shape index (κ3) is 2.64. The maximum absolute atomic E-state index is 11.6. The van der Waals surface area contributed by atoms with Gasteiger partial charge in [-0.3, -0.25) is 4.79 Å². The van der Waals surface area contributed by atoms with Crippen molar-refractivity contribution in [2.75, 3.05) is 7.05 Å². The fraction of sp³-hybridized carbons (Fsp3) is 0.167. The zero-order chi connectivity index (χ0) is 14.5. The Morgan fingerprint density at radius 3 is 1.95 bits per heavy atom. The lowest BCUT2D eigenvalue weighted by Crippen LogP contribution is -2.17. The third-order valence-electron chi connectivity index (χ3n) is 3.19. The van der Waals surface area contributed by atoms with Crippen LogP contribution < -0.4 is 5.32 Å². The highest BCUT2D eigenvalue weighted by Crippen LogP contribution is 2.23. The zero-order valence-electron chi connectivity index (χ0n) is 12.1. The maximum Gasteiger partial charge on any atom is 0.251 e. The molecule has 0 aliphatic carbocycles. The minimum Gasteiger partial charge on any atom is -0.355 e. The molecule has 0 aromatic heterocycles. The second-order valence-corrected chi connectivity index (χ2v) is 4.34. The van der Waals surface area contributed by atoms with Crippen LogP contribution in [0.2, 0.25) is 0 Å². The summed E-state index contributed by atoms with van der Waals surface area (Å²) in [7, 11) is 1.65. The smallest absolute Gasteiger partial charge is 0.251 e. The molecule has 1 amide bonds. The molecule has 0 atom stereocenters. The number of benzene rings is 3. The van der Waals surface area contributed by atoms with E-state index in [9.17, 15) is 4.79 Å². The van der Waals surface area contributed by atoms with E-state index in [1.165, 1.54) is 10.8 Å². The van der Waals surface area contributed by atoms with Crippen molar-refractivity contribution in [2.24, 2.45) is 0 Å². The summed E-state index contributed by atoms with van der Waals surface area (Å²) in [6.07, 6.45) is 0. The van der Waals surface area contributed by atoms with Crippen LogP contribution in [-0.2, 0) is 0 Å². The zero-order valence-corrected chi connectivity index (χ0v) is 12.1. The normalized spacial score (nSPS) is 9.95. The minimum atomic E-state index is -0.0509. The lowest BCUT2D eigenvalue weighted by Gasteiger charge is -2.05.